The Bertz CT molecular complexity index is 366. The maximum Gasteiger partial charge on any atom is 0.231 e. The summed E-state index contributed by atoms with van der Waals surface area (Å²) in [6.07, 6.45) is 1.28. The van der Waals surface area contributed by atoms with Crippen molar-refractivity contribution < 1.29 is 9.47 Å². The topological polar surface area (TPSA) is 42.3 Å². The van der Waals surface area contributed by atoms with Gasteiger partial charge in [0.25, 0.3) is 0 Å². The molecular formula is C12H17NO2S. The maximum atomic E-state index is 6.99. The van der Waals surface area contributed by atoms with Gasteiger partial charge >= 0.3 is 0 Å². The van der Waals surface area contributed by atoms with Gasteiger partial charge in [0.15, 0.2) is 11.5 Å². The zero-order chi connectivity index (χ0) is 12.2. The molecule has 1 aromatic rings. The second-order valence-electron chi connectivity index (χ2n) is 4.43. The van der Waals surface area contributed by atoms with E-state index in [1.165, 1.54) is 6.21 Å². The number of thiol groups is 1. The molecule has 0 saturated heterocycles. The average molecular weight is 239 g/mol. The summed E-state index contributed by atoms with van der Waals surface area (Å²) in [6, 6.07) is 5.42. The van der Waals surface area contributed by atoms with Gasteiger partial charge in [-0.25, -0.2) is 0 Å². The smallest absolute Gasteiger partial charge is 0.231 e. The van der Waals surface area contributed by atoms with Gasteiger partial charge in [0.05, 0.1) is 0 Å². The number of rotatable bonds is 1. The van der Waals surface area contributed by atoms with Crippen molar-refractivity contribution in [3.8, 4) is 11.5 Å². The highest BCUT2D eigenvalue weighted by Crippen LogP contribution is 2.31. The lowest BCUT2D eigenvalue weighted by Gasteiger charge is -2.04. The highest BCUT2D eigenvalue weighted by atomic mass is 32.1. The summed E-state index contributed by atoms with van der Waals surface area (Å²) in [6.45, 7) is 6.44. The van der Waals surface area contributed by atoms with Crippen molar-refractivity contribution in [3.05, 3.63) is 23.8 Å². The maximum absolute atomic E-state index is 6.99. The molecule has 1 heterocycles. The third-order valence-electron chi connectivity index (χ3n) is 1.56. The molecule has 4 heteroatoms. The van der Waals surface area contributed by atoms with Crippen LogP contribution in [0.15, 0.2) is 18.2 Å². The predicted molar refractivity (Wildman–Crippen MR) is 69.2 cm³/mol. The largest absolute Gasteiger partial charge is 0.454 e. The van der Waals surface area contributed by atoms with Crippen LogP contribution >= 0.6 is 12.6 Å². The van der Waals surface area contributed by atoms with E-state index in [0.29, 0.717) is 0 Å². The summed E-state index contributed by atoms with van der Waals surface area (Å²) in [5.74, 6) is 1.49. The van der Waals surface area contributed by atoms with Gasteiger partial charge in [-0.2, -0.15) is 12.6 Å². The standard InChI is InChI=1S/C8H7NO2.C4H10S/c9-4-6-1-2-7-8(3-6)11-5-10-7;1-4(2,3)5/h1-4,9H,5H2;5H,1-3H3. The van der Waals surface area contributed by atoms with Crippen LogP contribution in [-0.4, -0.2) is 17.8 Å². The summed E-state index contributed by atoms with van der Waals surface area (Å²) in [7, 11) is 0. The van der Waals surface area contributed by atoms with Gasteiger partial charge < -0.3 is 14.9 Å². The van der Waals surface area contributed by atoms with Crippen LogP contribution in [0.4, 0.5) is 0 Å². The molecule has 0 atom stereocenters. The van der Waals surface area contributed by atoms with E-state index in [0.717, 1.165) is 17.1 Å². The third kappa shape index (κ3) is 4.57. The van der Waals surface area contributed by atoms with E-state index in [1.54, 1.807) is 6.07 Å². The van der Waals surface area contributed by atoms with Crippen LogP contribution in [0.2, 0.25) is 0 Å². The van der Waals surface area contributed by atoms with E-state index >= 15 is 0 Å². The molecule has 0 saturated carbocycles. The lowest BCUT2D eigenvalue weighted by molar-refractivity contribution is 0.174. The minimum atomic E-state index is 0.194. The molecule has 0 radical (unpaired) electrons. The van der Waals surface area contributed by atoms with Crippen LogP contribution in [-0.2, 0) is 0 Å². The zero-order valence-electron chi connectivity index (χ0n) is 9.78. The Morgan fingerprint density at radius 3 is 2.38 bits per heavy atom. The SMILES string of the molecule is CC(C)(C)S.N=Cc1ccc2c(c1)OCO2. The minimum absolute atomic E-state index is 0.194. The fourth-order valence-corrected chi connectivity index (χ4v) is 1.00. The zero-order valence-corrected chi connectivity index (χ0v) is 10.7. The normalized spacial score (nSPS) is 12.8. The Kier molecular flexibility index (Phi) is 4.24. The van der Waals surface area contributed by atoms with Gasteiger partial charge in [0, 0.05) is 11.0 Å². The molecule has 88 valence electrons. The Morgan fingerprint density at radius 2 is 1.81 bits per heavy atom. The number of fused-ring (bicyclic) bond motifs is 1. The summed E-state index contributed by atoms with van der Waals surface area (Å²) in [4.78, 5) is 0. The molecule has 0 aliphatic carbocycles. The first-order chi connectivity index (χ1) is 7.40. The molecule has 1 aliphatic heterocycles. The van der Waals surface area contributed by atoms with Crippen molar-refractivity contribution in [2.75, 3.05) is 6.79 Å². The first kappa shape index (κ1) is 12.9. The van der Waals surface area contributed by atoms with Gasteiger partial charge in [0.1, 0.15) is 0 Å². The molecule has 1 aliphatic rings. The number of ether oxygens (including phenoxy) is 2. The summed E-state index contributed by atoms with van der Waals surface area (Å²) in [5, 5.41) is 6.99. The van der Waals surface area contributed by atoms with Gasteiger partial charge in [-0.1, -0.05) is 20.8 Å². The second kappa shape index (κ2) is 5.25. The monoisotopic (exact) mass is 239 g/mol. The van der Waals surface area contributed by atoms with Crippen molar-refractivity contribution in [1.29, 1.82) is 5.41 Å². The highest BCUT2D eigenvalue weighted by Gasteiger charge is 2.11. The molecule has 0 aromatic heterocycles. The summed E-state index contributed by atoms with van der Waals surface area (Å²) in [5.41, 5.74) is 0.828. The lowest BCUT2D eigenvalue weighted by Crippen LogP contribution is -1.99. The molecule has 3 nitrogen and oxygen atoms in total. The van der Waals surface area contributed by atoms with Crippen molar-refractivity contribution in [2.45, 2.75) is 25.5 Å². The second-order valence-corrected chi connectivity index (χ2v) is 5.77. The molecule has 0 spiro atoms. The van der Waals surface area contributed by atoms with Crippen molar-refractivity contribution in [1.82, 2.24) is 0 Å². The first-order valence-corrected chi connectivity index (χ1v) is 5.47. The Labute approximate surface area is 102 Å². The van der Waals surface area contributed by atoms with Crippen LogP contribution in [0, 0.1) is 5.41 Å². The average Bonchev–Trinajstić information content (AvgIpc) is 2.61. The van der Waals surface area contributed by atoms with Gasteiger partial charge in [-0.3, -0.25) is 0 Å². The predicted octanol–water partition coefficient (Wildman–Crippen LogP) is 3.13. The molecule has 1 N–H and O–H groups in total. The molecular weight excluding hydrogens is 222 g/mol. The summed E-state index contributed by atoms with van der Waals surface area (Å²) < 4.78 is 10.4. The van der Waals surface area contributed by atoms with Crippen LogP contribution in [0.1, 0.15) is 26.3 Å². The molecule has 2 rings (SSSR count). The number of benzene rings is 1. The Hall–Kier alpha value is -1.16. The van der Waals surface area contributed by atoms with Crippen LogP contribution in [0.3, 0.4) is 0 Å². The first-order valence-electron chi connectivity index (χ1n) is 5.02. The fourth-order valence-electron chi connectivity index (χ4n) is 1.00. The van der Waals surface area contributed by atoms with E-state index in [1.807, 2.05) is 12.1 Å². The molecule has 0 bridgehead atoms. The van der Waals surface area contributed by atoms with Crippen molar-refractivity contribution in [2.24, 2.45) is 0 Å². The van der Waals surface area contributed by atoms with Crippen molar-refractivity contribution in [3.63, 3.8) is 0 Å². The van der Waals surface area contributed by atoms with Crippen LogP contribution in [0.5, 0.6) is 11.5 Å². The minimum Gasteiger partial charge on any atom is -0.454 e. The van der Waals surface area contributed by atoms with Gasteiger partial charge in [-0.05, 0) is 23.8 Å². The molecule has 0 unspecified atom stereocenters. The quantitative estimate of drug-likeness (QED) is 0.584. The molecule has 16 heavy (non-hydrogen) atoms. The van der Waals surface area contributed by atoms with E-state index < -0.39 is 0 Å². The van der Waals surface area contributed by atoms with E-state index in [9.17, 15) is 0 Å². The number of nitrogens with one attached hydrogen (secondary N) is 1. The molecule has 0 amide bonds. The molecule has 0 fully saturated rings. The lowest BCUT2D eigenvalue weighted by atomic mass is 10.2. The van der Waals surface area contributed by atoms with Crippen molar-refractivity contribution >= 4 is 18.8 Å². The van der Waals surface area contributed by atoms with Gasteiger partial charge in [0.2, 0.25) is 6.79 Å². The number of hydrogen-bond acceptors (Lipinski definition) is 4. The Balaban J connectivity index is 0.000000221. The van der Waals surface area contributed by atoms with E-state index in [-0.39, 0.29) is 11.5 Å². The van der Waals surface area contributed by atoms with Crippen LogP contribution in [0.25, 0.3) is 0 Å². The van der Waals surface area contributed by atoms with Crippen LogP contribution < -0.4 is 9.47 Å². The van der Waals surface area contributed by atoms with E-state index in [2.05, 4.69) is 33.4 Å². The Morgan fingerprint density at radius 1 is 1.25 bits per heavy atom. The summed E-state index contributed by atoms with van der Waals surface area (Å²) >= 11 is 4.12. The fraction of sp³-hybridized carbons (Fsp3) is 0.417. The van der Waals surface area contributed by atoms with E-state index in [4.69, 9.17) is 14.9 Å². The third-order valence-corrected chi connectivity index (χ3v) is 1.56. The van der Waals surface area contributed by atoms with Gasteiger partial charge in [-0.15, -0.1) is 0 Å². The highest BCUT2D eigenvalue weighted by molar-refractivity contribution is 7.81. The number of hydrogen-bond donors (Lipinski definition) is 2. The molecule has 1 aromatic carbocycles.